The molecule has 0 aliphatic heterocycles. The Hall–Kier alpha value is -1.44. The van der Waals surface area contributed by atoms with Crippen molar-refractivity contribution in [3.05, 3.63) is 28.0 Å². The molecule has 0 aliphatic carbocycles. The molecule has 0 aromatic carbocycles. The molecule has 0 saturated carbocycles. The summed E-state index contributed by atoms with van der Waals surface area (Å²) in [5, 5.41) is -1.00. The summed E-state index contributed by atoms with van der Waals surface area (Å²) >= 11 is 5.24. The van der Waals surface area contributed by atoms with E-state index in [2.05, 4.69) is 9.72 Å². The summed E-state index contributed by atoms with van der Waals surface area (Å²) in [5.41, 5.74) is -3.70. The third-order valence-corrected chi connectivity index (χ3v) is 2.27. The van der Waals surface area contributed by atoms with Gasteiger partial charge in [0.25, 0.3) is 6.43 Å². The lowest BCUT2D eigenvalue weighted by Crippen LogP contribution is -2.17. The fraction of sp³-hybridized carbons (Fsp3) is 0.400. The first kappa shape index (κ1) is 15.6. The molecule has 0 N–H and O–H groups in total. The number of hydrogen-bond acceptors (Lipinski definition) is 3. The van der Waals surface area contributed by atoms with Crippen molar-refractivity contribution in [3.63, 3.8) is 0 Å². The Morgan fingerprint density at radius 2 is 2.05 bits per heavy atom. The third kappa shape index (κ3) is 3.52. The minimum absolute atomic E-state index is 0.187. The van der Waals surface area contributed by atoms with Crippen molar-refractivity contribution in [2.45, 2.75) is 19.5 Å². The molecule has 0 saturated heterocycles. The van der Waals surface area contributed by atoms with Crippen LogP contribution in [-0.2, 0) is 10.9 Å². The van der Waals surface area contributed by atoms with Crippen LogP contribution in [-0.4, -0.2) is 17.6 Å². The minimum Gasteiger partial charge on any atom is -0.461 e. The fourth-order valence-corrected chi connectivity index (χ4v) is 1.50. The van der Waals surface area contributed by atoms with Crippen molar-refractivity contribution in [1.29, 1.82) is 0 Å². The van der Waals surface area contributed by atoms with Gasteiger partial charge in [-0.15, -0.1) is 0 Å². The van der Waals surface area contributed by atoms with Gasteiger partial charge in [0, 0.05) is 0 Å². The number of carbonyl (C=O) groups excluding carboxylic acids is 1. The number of esters is 1. The molecule has 9 heteroatoms. The molecular formula is C10H7ClF5NO2. The summed E-state index contributed by atoms with van der Waals surface area (Å²) in [5.74, 6) is -1.36. The first-order valence-electron chi connectivity index (χ1n) is 4.91. The summed E-state index contributed by atoms with van der Waals surface area (Å²) in [6.07, 6.45) is -8.16. The van der Waals surface area contributed by atoms with Crippen LogP contribution >= 0.6 is 11.6 Å². The minimum atomic E-state index is -4.96. The monoisotopic (exact) mass is 303 g/mol. The Balaban J connectivity index is 3.44. The Labute approximate surface area is 109 Å². The maximum absolute atomic E-state index is 12.6. The molecule has 0 atom stereocenters. The molecule has 1 rings (SSSR count). The van der Waals surface area contributed by atoms with E-state index in [0.717, 1.165) is 0 Å². The lowest BCUT2D eigenvalue weighted by Gasteiger charge is -2.13. The summed E-state index contributed by atoms with van der Waals surface area (Å²) in [7, 11) is 0. The number of ether oxygens (including phenoxy) is 1. The summed E-state index contributed by atoms with van der Waals surface area (Å²) < 4.78 is 67.3. The second-order valence-electron chi connectivity index (χ2n) is 3.28. The van der Waals surface area contributed by atoms with Crippen LogP contribution in [0.2, 0.25) is 5.02 Å². The van der Waals surface area contributed by atoms with Crippen molar-refractivity contribution in [2.75, 3.05) is 6.61 Å². The molecular weight excluding hydrogens is 297 g/mol. The second kappa shape index (κ2) is 5.68. The molecule has 0 bridgehead atoms. The highest BCUT2D eigenvalue weighted by Crippen LogP contribution is 2.36. The van der Waals surface area contributed by atoms with Gasteiger partial charge in [-0.3, -0.25) is 0 Å². The topological polar surface area (TPSA) is 39.2 Å². The molecule has 0 fully saturated rings. The van der Waals surface area contributed by atoms with E-state index < -0.39 is 40.5 Å². The Bertz CT molecular complexity index is 490. The molecule has 1 aromatic heterocycles. The average molecular weight is 304 g/mol. The van der Waals surface area contributed by atoms with E-state index in [-0.39, 0.29) is 6.61 Å². The number of aromatic nitrogens is 1. The Morgan fingerprint density at radius 1 is 1.47 bits per heavy atom. The predicted octanol–water partition coefficient (Wildman–Crippen LogP) is 3.87. The van der Waals surface area contributed by atoms with Gasteiger partial charge in [-0.1, -0.05) is 11.6 Å². The number of carbonyl (C=O) groups is 1. The van der Waals surface area contributed by atoms with Gasteiger partial charge < -0.3 is 4.74 Å². The third-order valence-electron chi connectivity index (χ3n) is 1.98. The second-order valence-corrected chi connectivity index (χ2v) is 3.68. The number of rotatable bonds is 3. The maximum atomic E-state index is 12.6. The number of pyridine rings is 1. The van der Waals surface area contributed by atoms with E-state index in [9.17, 15) is 26.7 Å². The van der Waals surface area contributed by atoms with Crippen LogP contribution in [0, 0.1) is 0 Å². The molecule has 19 heavy (non-hydrogen) atoms. The van der Waals surface area contributed by atoms with E-state index in [4.69, 9.17) is 11.6 Å². The molecule has 1 aromatic rings. The zero-order chi connectivity index (χ0) is 14.8. The average Bonchev–Trinajstić information content (AvgIpc) is 2.26. The van der Waals surface area contributed by atoms with Crippen LogP contribution in [0.25, 0.3) is 0 Å². The van der Waals surface area contributed by atoms with Gasteiger partial charge in [-0.25, -0.2) is 18.6 Å². The molecule has 0 aliphatic rings. The van der Waals surface area contributed by atoms with Crippen molar-refractivity contribution < 1.29 is 31.5 Å². The number of nitrogens with zero attached hydrogens (tertiary/aromatic N) is 1. The van der Waals surface area contributed by atoms with Gasteiger partial charge in [-0.05, 0) is 13.0 Å². The SMILES string of the molecule is CCOC(=O)c1nc(C(F)(F)F)c(Cl)cc1C(F)F. The Morgan fingerprint density at radius 3 is 2.47 bits per heavy atom. The van der Waals surface area contributed by atoms with E-state index >= 15 is 0 Å². The highest BCUT2D eigenvalue weighted by atomic mass is 35.5. The highest BCUT2D eigenvalue weighted by molar-refractivity contribution is 6.31. The molecule has 1 heterocycles. The molecule has 0 unspecified atom stereocenters. The van der Waals surface area contributed by atoms with E-state index in [1.807, 2.05) is 0 Å². The van der Waals surface area contributed by atoms with Gasteiger partial charge in [-0.2, -0.15) is 13.2 Å². The van der Waals surface area contributed by atoms with Crippen LogP contribution in [0.3, 0.4) is 0 Å². The van der Waals surface area contributed by atoms with Crippen molar-refractivity contribution >= 4 is 17.6 Å². The maximum Gasteiger partial charge on any atom is 0.434 e. The first-order valence-corrected chi connectivity index (χ1v) is 5.29. The van der Waals surface area contributed by atoms with Gasteiger partial charge in [0.15, 0.2) is 11.4 Å². The van der Waals surface area contributed by atoms with Gasteiger partial charge in [0.05, 0.1) is 17.2 Å². The lowest BCUT2D eigenvalue weighted by atomic mass is 10.1. The van der Waals surface area contributed by atoms with Crippen molar-refractivity contribution in [2.24, 2.45) is 0 Å². The number of hydrogen-bond donors (Lipinski definition) is 0. The molecule has 0 radical (unpaired) electrons. The fourth-order valence-electron chi connectivity index (χ4n) is 1.23. The molecule has 3 nitrogen and oxygen atoms in total. The highest BCUT2D eigenvalue weighted by Gasteiger charge is 2.38. The smallest absolute Gasteiger partial charge is 0.434 e. The lowest BCUT2D eigenvalue weighted by molar-refractivity contribution is -0.141. The van der Waals surface area contributed by atoms with Crippen molar-refractivity contribution in [3.8, 4) is 0 Å². The summed E-state index contributed by atoms with van der Waals surface area (Å²) in [4.78, 5) is 14.2. The zero-order valence-electron chi connectivity index (χ0n) is 9.39. The van der Waals surface area contributed by atoms with E-state index in [0.29, 0.717) is 6.07 Å². The molecule has 106 valence electrons. The predicted molar refractivity (Wildman–Crippen MR) is 55.2 cm³/mol. The Kier molecular flexibility index (Phi) is 4.67. The van der Waals surface area contributed by atoms with Crippen molar-refractivity contribution in [1.82, 2.24) is 4.98 Å². The zero-order valence-corrected chi connectivity index (χ0v) is 10.1. The summed E-state index contributed by atoms with van der Waals surface area (Å²) in [6.45, 7) is 1.19. The van der Waals surface area contributed by atoms with Crippen LogP contribution in [0.4, 0.5) is 22.0 Å². The summed E-state index contributed by atoms with van der Waals surface area (Å²) in [6, 6.07) is 0.369. The number of alkyl halides is 5. The quantitative estimate of drug-likeness (QED) is 0.628. The normalized spacial score (nSPS) is 11.8. The molecule has 0 spiro atoms. The van der Waals surface area contributed by atoms with Crippen LogP contribution < -0.4 is 0 Å². The van der Waals surface area contributed by atoms with Gasteiger partial charge >= 0.3 is 12.1 Å². The largest absolute Gasteiger partial charge is 0.461 e. The first-order chi connectivity index (χ1) is 8.68. The van der Waals surface area contributed by atoms with E-state index in [1.54, 1.807) is 0 Å². The van der Waals surface area contributed by atoms with Crippen LogP contribution in [0.1, 0.15) is 35.1 Å². The van der Waals surface area contributed by atoms with E-state index in [1.165, 1.54) is 6.92 Å². The standard InChI is InChI=1S/C10H7ClF5NO2/c1-2-19-9(18)6-4(8(12)13)3-5(11)7(17-6)10(14,15)16/h3,8H,2H2,1H3. The van der Waals surface area contributed by atoms with Crippen LogP contribution in [0.5, 0.6) is 0 Å². The molecule has 0 amide bonds. The van der Waals surface area contributed by atoms with Gasteiger partial charge in [0.2, 0.25) is 0 Å². The number of halogens is 6. The van der Waals surface area contributed by atoms with Crippen LogP contribution in [0.15, 0.2) is 6.07 Å². The van der Waals surface area contributed by atoms with Gasteiger partial charge in [0.1, 0.15) is 0 Å².